The quantitative estimate of drug-likeness (QED) is 0.533. The summed E-state index contributed by atoms with van der Waals surface area (Å²) in [7, 11) is 0. The third kappa shape index (κ3) is 4.40. The van der Waals surface area contributed by atoms with E-state index < -0.39 is 22.4 Å². The van der Waals surface area contributed by atoms with Crippen LogP contribution in [0.2, 0.25) is 0 Å². The van der Waals surface area contributed by atoms with Gasteiger partial charge < -0.3 is 10.2 Å². The molecule has 160 valence electrons. The summed E-state index contributed by atoms with van der Waals surface area (Å²) in [5.41, 5.74) is -0.482. The van der Waals surface area contributed by atoms with E-state index in [0.717, 1.165) is 30.7 Å². The topological polar surface area (TPSA) is 88.4 Å². The monoisotopic (exact) mass is 440 g/mol. The van der Waals surface area contributed by atoms with Crippen LogP contribution in [0.5, 0.6) is 0 Å². The smallest absolute Gasteiger partial charge is 0.366 e. The molecule has 4 rings (SSSR count). The number of rotatable bonds is 5. The van der Waals surface area contributed by atoms with Gasteiger partial charge in [0.1, 0.15) is 5.69 Å². The van der Waals surface area contributed by atoms with Crippen LogP contribution in [0.15, 0.2) is 23.6 Å². The van der Waals surface area contributed by atoms with Crippen molar-refractivity contribution in [2.75, 3.05) is 23.3 Å². The summed E-state index contributed by atoms with van der Waals surface area (Å²) in [6.07, 6.45) is -1.49. The molecule has 0 unspecified atom stereocenters. The van der Waals surface area contributed by atoms with E-state index in [9.17, 15) is 28.1 Å². The Morgan fingerprint density at radius 2 is 1.93 bits per heavy atom. The van der Waals surface area contributed by atoms with E-state index in [2.05, 4.69) is 10.3 Å². The van der Waals surface area contributed by atoms with Crippen LogP contribution in [0.4, 0.5) is 29.7 Å². The van der Waals surface area contributed by atoms with Crippen LogP contribution in [0.1, 0.15) is 42.9 Å². The van der Waals surface area contributed by atoms with Crippen LogP contribution < -0.4 is 10.2 Å². The van der Waals surface area contributed by atoms with E-state index in [-0.39, 0.29) is 17.5 Å². The predicted molar refractivity (Wildman–Crippen MR) is 106 cm³/mol. The lowest BCUT2D eigenvalue weighted by atomic mass is 9.95. The summed E-state index contributed by atoms with van der Waals surface area (Å²) in [5, 5.41) is 16.7. The Morgan fingerprint density at radius 1 is 1.23 bits per heavy atom. The van der Waals surface area contributed by atoms with Crippen molar-refractivity contribution in [1.82, 2.24) is 4.98 Å². The minimum atomic E-state index is -4.65. The first-order valence-electron chi connectivity index (χ1n) is 9.59. The highest BCUT2D eigenvalue weighted by Crippen LogP contribution is 2.41. The molecule has 1 aromatic heterocycles. The Kier molecular flexibility index (Phi) is 5.39. The van der Waals surface area contributed by atoms with Crippen molar-refractivity contribution in [1.29, 1.82) is 0 Å². The number of benzene rings is 1. The predicted octanol–water partition coefficient (Wildman–Crippen LogP) is 4.80. The molecule has 1 aromatic carbocycles. The minimum absolute atomic E-state index is 0.140. The highest BCUT2D eigenvalue weighted by Gasteiger charge is 2.35. The molecule has 30 heavy (non-hydrogen) atoms. The number of carbonyl (C=O) groups is 1. The van der Waals surface area contributed by atoms with Gasteiger partial charge in [0, 0.05) is 36.4 Å². The molecule has 7 nitrogen and oxygen atoms in total. The van der Waals surface area contributed by atoms with E-state index in [1.165, 1.54) is 11.3 Å². The highest BCUT2D eigenvalue weighted by molar-refractivity contribution is 7.13. The average Bonchev–Trinajstić information content (AvgIpc) is 3.46. The SMILES string of the molecule is O=C(Nc1nc(C2CC2)cs1)C1CCN(c2ccc(C(F)(F)F)cc2[N+](=O)[O-])CC1. The first-order chi connectivity index (χ1) is 14.2. The van der Waals surface area contributed by atoms with Gasteiger partial charge in [0.2, 0.25) is 5.91 Å². The number of hydrogen-bond donors (Lipinski definition) is 1. The molecule has 2 heterocycles. The van der Waals surface area contributed by atoms with Crippen molar-refractivity contribution < 1.29 is 22.9 Å². The van der Waals surface area contributed by atoms with Crippen molar-refractivity contribution in [3.05, 3.63) is 45.0 Å². The van der Waals surface area contributed by atoms with E-state index in [4.69, 9.17) is 0 Å². The van der Waals surface area contributed by atoms with Gasteiger partial charge in [0.25, 0.3) is 5.69 Å². The normalized spacial score (nSPS) is 17.8. The van der Waals surface area contributed by atoms with Gasteiger partial charge in [-0.25, -0.2) is 4.98 Å². The number of nitrogens with zero attached hydrogens (tertiary/aromatic N) is 3. The minimum Gasteiger partial charge on any atom is -0.366 e. The van der Waals surface area contributed by atoms with Crippen molar-refractivity contribution in [3.8, 4) is 0 Å². The van der Waals surface area contributed by atoms with Gasteiger partial charge in [0.15, 0.2) is 5.13 Å². The molecule has 1 saturated heterocycles. The number of hydrogen-bond acceptors (Lipinski definition) is 6. The fourth-order valence-corrected chi connectivity index (χ4v) is 4.41. The summed E-state index contributed by atoms with van der Waals surface area (Å²) >= 11 is 1.40. The number of aromatic nitrogens is 1. The molecule has 0 spiro atoms. The second-order valence-electron chi connectivity index (χ2n) is 7.56. The summed E-state index contributed by atoms with van der Waals surface area (Å²) < 4.78 is 38.7. The molecule has 0 radical (unpaired) electrons. The number of amides is 1. The summed E-state index contributed by atoms with van der Waals surface area (Å²) in [6.45, 7) is 0.685. The fourth-order valence-electron chi connectivity index (χ4n) is 3.61. The van der Waals surface area contributed by atoms with Crippen LogP contribution in [0, 0.1) is 16.0 Å². The fraction of sp³-hybridized carbons (Fsp3) is 0.474. The number of nitro benzene ring substituents is 1. The largest absolute Gasteiger partial charge is 0.416 e. The average molecular weight is 440 g/mol. The molecule has 0 atom stereocenters. The zero-order valence-corrected chi connectivity index (χ0v) is 16.6. The second-order valence-corrected chi connectivity index (χ2v) is 8.42. The number of halogens is 3. The Bertz CT molecular complexity index is 966. The Hall–Kier alpha value is -2.69. The van der Waals surface area contributed by atoms with Crippen molar-refractivity contribution >= 4 is 33.8 Å². The lowest BCUT2D eigenvalue weighted by molar-refractivity contribution is -0.384. The molecule has 2 aliphatic rings. The maximum absolute atomic E-state index is 12.9. The number of nitro groups is 1. The number of anilines is 2. The zero-order chi connectivity index (χ0) is 21.5. The van der Waals surface area contributed by atoms with E-state index in [1.54, 1.807) is 4.90 Å². The maximum atomic E-state index is 12.9. The lowest BCUT2D eigenvalue weighted by Crippen LogP contribution is -2.38. The van der Waals surface area contributed by atoms with Gasteiger partial charge in [0.05, 0.1) is 16.2 Å². The first-order valence-corrected chi connectivity index (χ1v) is 10.5. The molecule has 1 amide bonds. The van der Waals surface area contributed by atoms with Gasteiger partial charge in [-0.05, 0) is 37.8 Å². The summed E-state index contributed by atoms with van der Waals surface area (Å²) in [5.74, 6) is 0.0889. The number of alkyl halides is 3. The summed E-state index contributed by atoms with van der Waals surface area (Å²) in [4.78, 5) is 29.2. The molecular weight excluding hydrogens is 421 g/mol. The van der Waals surface area contributed by atoms with Gasteiger partial charge in [-0.15, -0.1) is 11.3 Å². The standard InChI is InChI=1S/C19H19F3N4O3S/c20-19(21,22)13-3-4-15(16(9-13)26(28)29)25-7-5-12(6-8-25)17(27)24-18-23-14(10-30-18)11-1-2-11/h3-4,9-12H,1-2,5-8H2,(H,23,24,27). The van der Waals surface area contributed by atoms with Crippen LogP contribution in [-0.2, 0) is 11.0 Å². The highest BCUT2D eigenvalue weighted by atomic mass is 32.1. The van der Waals surface area contributed by atoms with Crippen molar-refractivity contribution in [2.24, 2.45) is 5.92 Å². The van der Waals surface area contributed by atoms with Crippen molar-refractivity contribution in [2.45, 2.75) is 37.8 Å². The van der Waals surface area contributed by atoms with Gasteiger partial charge in [-0.3, -0.25) is 14.9 Å². The number of carbonyl (C=O) groups excluding carboxylic acids is 1. The van der Waals surface area contributed by atoms with E-state index >= 15 is 0 Å². The first kappa shape index (κ1) is 20.6. The lowest BCUT2D eigenvalue weighted by Gasteiger charge is -2.32. The molecule has 2 aromatic rings. The van der Waals surface area contributed by atoms with Gasteiger partial charge in [-0.2, -0.15) is 13.2 Å². The molecule has 1 aliphatic heterocycles. The molecular formula is C19H19F3N4O3S. The second kappa shape index (κ2) is 7.86. The molecule has 1 aliphatic carbocycles. The van der Waals surface area contributed by atoms with Crippen molar-refractivity contribution in [3.63, 3.8) is 0 Å². The Morgan fingerprint density at radius 3 is 2.53 bits per heavy atom. The molecule has 1 N–H and O–H groups in total. The third-order valence-corrected chi connectivity index (χ3v) is 6.23. The Balaban J connectivity index is 1.40. The van der Waals surface area contributed by atoms with Gasteiger partial charge >= 0.3 is 6.18 Å². The number of nitrogens with one attached hydrogen (secondary N) is 1. The molecule has 2 fully saturated rings. The van der Waals surface area contributed by atoms with Crippen LogP contribution in [0.3, 0.4) is 0 Å². The number of thiazole rings is 1. The van der Waals surface area contributed by atoms with Crippen LogP contribution in [-0.4, -0.2) is 28.9 Å². The van der Waals surface area contributed by atoms with Gasteiger partial charge in [-0.1, -0.05) is 0 Å². The van der Waals surface area contributed by atoms with Crippen LogP contribution >= 0.6 is 11.3 Å². The van der Waals surface area contributed by atoms with Crippen LogP contribution in [0.25, 0.3) is 0 Å². The zero-order valence-electron chi connectivity index (χ0n) is 15.8. The maximum Gasteiger partial charge on any atom is 0.416 e. The number of piperidine rings is 1. The molecule has 0 bridgehead atoms. The molecule has 1 saturated carbocycles. The van der Waals surface area contributed by atoms with E-state index in [0.29, 0.717) is 43.0 Å². The molecule has 11 heteroatoms. The van der Waals surface area contributed by atoms with E-state index in [1.807, 2.05) is 5.38 Å². The third-order valence-electron chi connectivity index (χ3n) is 5.45. The Labute approximate surface area is 174 Å². The summed E-state index contributed by atoms with van der Waals surface area (Å²) in [6, 6.07) is 2.55.